The van der Waals surface area contributed by atoms with Crippen LogP contribution in [0.4, 0.5) is 0 Å². The third kappa shape index (κ3) is 2.10. The molecule has 0 aliphatic heterocycles. The van der Waals surface area contributed by atoms with E-state index in [9.17, 15) is 0 Å². The molecular weight excluding hydrogens is 226 g/mol. The molecule has 3 nitrogen and oxygen atoms in total. The van der Waals surface area contributed by atoms with Crippen molar-refractivity contribution in [2.75, 3.05) is 0 Å². The van der Waals surface area contributed by atoms with Gasteiger partial charge in [0.05, 0.1) is 16.7 Å². The van der Waals surface area contributed by atoms with E-state index in [1.807, 2.05) is 6.92 Å². The summed E-state index contributed by atoms with van der Waals surface area (Å²) >= 11 is 3.36. The number of rotatable bonds is 3. The number of nitrogens with zero attached hydrogens (tertiary/aromatic N) is 1. The first-order valence-corrected chi connectivity index (χ1v) is 6.40. The summed E-state index contributed by atoms with van der Waals surface area (Å²) in [6.45, 7) is 4.10. The number of aryl methyl sites for hydroxylation is 2. The second-order valence-corrected chi connectivity index (χ2v) is 5.37. The Bertz CT molecular complexity index is 447. The van der Waals surface area contributed by atoms with Crippen LogP contribution in [0.25, 0.3) is 0 Å². The van der Waals surface area contributed by atoms with Crippen LogP contribution < -0.4 is 11.3 Å². The minimum Gasteiger partial charge on any atom is -0.270 e. The van der Waals surface area contributed by atoms with Gasteiger partial charge in [-0.05, 0) is 30.9 Å². The third-order valence-corrected chi connectivity index (χ3v) is 4.14. The fraction of sp³-hybridized carbons (Fsp3) is 0.300. The highest BCUT2D eigenvalue weighted by Crippen LogP contribution is 2.29. The molecule has 2 aromatic heterocycles. The van der Waals surface area contributed by atoms with Crippen molar-refractivity contribution >= 4 is 22.7 Å². The Morgan fingerprint density at radius 3 is 2.67 bits per heavy atom. The number of thiophene rings is 1. The summed E-state index contributed by atoms with van der Waals surface area (Å²) in [7, 11) is 0. The molecule has 15 heavy (non-hydrogen) atoms. The molecule has 0 spiro atoms. The van der Waals surface area contributed by atoms with Crippen molar-refractivity contribution in [2.24, 2.45) is 5.84 Å². The minimum absolute atomic E-state index is 0.0231. The lowest BCUT2D eigenvalue weighted by Gasteiger charge is -2.12. The zero-order valence-electron chi connectivity index (χ0n) is 8.65. The van der Waals surface area contributed by atoms with E-state index in [2.05, 4.69) is 34.2 Å². The van der Waals surface area contributed by atoms with E-state index in [0.717, 1.165) is 10.7 Å². The molecule has 1 atom stereocenters. The summed E-state index contributed by atoms with van der Waals surface area (Å²) < 4.78 is 0. The van der Waals surface area contributed by atoms with Crippen LogP contribution in [-0.2, 0) is 0 Å². The molecule has 0 bridgehead atoms. The summed E-state index contributed by atoms with van der Waals surface area (Å²) in [5.41, 5.74) is 5.09. The Balaban J connectivity index is 2.36. The maximum Gasteiger partial charge on any atom is 0.0984 e. The highest BCUT2D eigenvalue weighted by Gasteiger charge is 2.18. The summed E-state index contributed by atoms with van der Waals surface area (Å²) in [6.07, 6.45) is 0. The van der Waals surface area contributed by atoms with Crippen molar-refractivity contribution in [3.63, 3.8) is 0 Å². The standard InChI is InChI=1S/C10H13N3S2/c1-6-3-4-14-10(6)9(13-11)8-5-15-7(2)12-8/h3-5,9,13H,11H2,1-2H3. The van der Waals surface area contributed by atoms with E-state index in [1.54, 1.807) is 22.7 Å². The van der Waals surface area contributed by atoms with E-state index in [1.165, 1.54) is 10.4 Å². The lowest BCUT2D eigenvalue weighted by atomic mass is 10.1. The van der Waals surface area contributed by atoms with Crippen LogP contribution in [-0.4, -0.2) is 4.98 Å². The Morgan fingerprint density at radius 2 is 2.20 bits per heavy atom. The van der Waals surface area contributed by atoms with E-state index in [-0.39, 0.29) is 6.04 Å². The zero-order valence-corrected chi connectivity index (χ0v) is 10.3. The van der Waals surface area contributed by atoms with Crippen molar-refractivity contribution in [1.29, 1.82) is 0 Å². The lowest BCUT2D eigenvalue weighted by Crippen LogP contribution is -2.28. The van der Waals surface area contributed by atoms with Gasteiger partial charge in [0.2, 0.25) is 0 Å². The van der Waals surface area contributed by atoms with Gasteiger partial charge in [-0.3, -0.25) is 5.84 Å². The number of hydrogen-bond acceptors (Lipinski definition) is 5. The third-order valence-electron chi connectivity index (χ3n) is 2.26. The van der Waals surface area contributed by atoms with Crippen LogP contribution in [0.1, 0.15) is 27.2 Å². The molecule has 0 aliphatic rings. The molecule has 1 unspecified atom stereocenters. The number of hydrogen-bond donors (Lipinski definition) is 2. The largest absolute Gasteiger partial charge is 0.270 e. The Morgan fingerprint density at radius 1 is 1.40 bits per heavy atom. The van der Waals surface area contributed by atoms with Crippen molar-refractivity contribution in [1.82, 2.24) is 10.4 Å². The number of nitrogens with one attached hydrogen (secondary N) is 1. The van der Waals surface area contributed by atoms with E-state index in [0.29, 0.717) is 0 Å². The number of hydrazine groups is 1. The van der Waals surface area contributed by atoms with Gasteiger partial charge in [0, 0.05) is 10.3 Å². The summed E-state index contributed by atoms with van der Waals surface area (Å²) in [6, 6.07) is 2.12. The van der Waals surface area contributed by atoms with Gasteiger partial charge in [0.15, 0.2) is 0 Å². The van der Waals surface area contributed by atoms with Gasteiger partial charge < -0.3 is 0 Å². The molecule has 0 amide bonds. The highest BCUT2D eigenvalue weighted by atomic mass is 32.1. The summed E-state index contributed by atoms with van der Waals surface area (Å²) in [5.74, 6) is 5.60. The maximum atomic E-state index is 5.60. The van der Waals surface area contributed by atoms with Crippen molar-refractivity contribution < 1.29 is 0 Å². The topological polar surface area (TPSA) is 50.9 Å². The van der Waals surface area contributed by atoms with E-state index >= 15 is 0 Å². The Hall–Kier alpha value is -0.750. The minimum atomic E-state index is 0.0231. The van der Waals surface area contributed by atoms with Gasteiger partial charge in [-0.15, -0.1) is 22.7 Å². The maximum absolute atomic E-state index is 5.60. The second kappa shape index (κ2) is 4.40. The average molecular weight is 239 g/mol. The van der Waals surface area contributed by atoms with Crippen LogP contribution in [0, 0.1) is 13.8 Å². The molecule has 80 valence electrons. The molecule has 2 heterocycles. The smallest absolute Gasteiger partial charge is 0.0984 e. The number of nitrogens with two attached hydrogens (primary N) is 1. The Labute approximate surface area is 96.9 Å². The summed E-state index contributed by atoms with van der Waals surface area (Å²) in [5, 5.41) is 5.20. The van der Waals surface area contributed by atoms with Gasteiger partial charge in [0.1, 0.15) is 0 Å². The molecule has 0 fully saturated rings. The monoisotopic (exact) mass is 239 g/mol. The fourth-order valence-corrected chi connectivity index (χ4v) is 3.12. The van der Waals surface area contributed by atoms with Crippen molar-refractivity contribution in [2.45, 2.75) is 19.9 Å². The van der Waals surface area contributed by atoms with Gasteiger partial charge in [0.25, 0.3) is 0 Å². The first-order chi connectivity index (χ1) is 7.22. The molecule has 0 aromatic carbocycles. The molecule has 3 N–H and O–H groups in total. The molecular formula is C10H13N3S2. The second-order valence-electron chi connectivity index (χ2n) is 3.36. The molecule has 2 rings (SSSR count). The summed E-state index contributed by atoms with van der Waals surface area (Å²) in [4.78, 5) is 5.70. The molecule has 2 aromatic rings. The first kappa shape index (κ1) is 10.8. The molecule has 5 heteroatoms. The Kier molecular flexibility index (Phi) is 3.16. The number of aromatic nitrogens is 1. The highest BCUT2D eigenvalue weighted by molar-refractivity contribution is 7.10. The van der Waals surface area contributed by atoms with Crippen LogP contribution in [0.15, 0.2) is 16.8 Å². The average Bonchev–Trinajstić information content (AvgIpc) is 2.79. The van der Waals surface area contributed by atoms with Crippen LogP contribution in [0.2, 0.25) is 0 Å². The van der Waals surface area contributed by atoms with Crippen molar-refractivity contribution in [3.8, 4) is 0 Å². The fourth-order valence-electron chi connectivity index (χ4n) is 1.49. The molecule has 0 saturated heterocycles. The normalized spacial score (nSPS) is 13.0. The van der Waals surface area contributed by atoms with Crippen LogP contribution in [0.5, 0.6) is 0 Å². The zero-order chi connectivity index (χ0) is 10.8. The van der Waals surface area contributed by atoms with Crippen LogP contribution in [0.3, 0.4) is 0 Å². The van der Waals surface area contributed by atoms with Gasteiger partial charge in [-0.2, -0.15) is 0 Å². The van der Waals surface area contributed by atoms with Gasteiger partial charge >= 0.3 is 0 Å². The predicted octanol–water partition coefficient (Wildman–Crippen LogP) is 2.37. The van der Waals surface area contributed by atoms with Gasteiger partial charge in [-0.1, -0.05) is 0 Å². The molecule has 0 aliphatic carbocycles. The van der Waals surface area contributed by atoms with E-state index in [4.69, 9.17) is 5.84 Å². The van der Waals surface area contributed by atoms with Crippen LogP contribution >= 0.6 is 22.7 Å². The van der Waals surface area contributed by atoms with Crippen molar-refractivity contribution in [3.05, 3.63) is 38.0 Å². The quantitative estimate of drug-likeness (QED) is 0.638. The first-order valence-electron chi connectivity index (χ1n) is 4.64. The van der Waals surface area contributed by atoms with E-state index < -0.39 is 0 Å². The van der Waals surface area contributed by atoms with Gasteiger partial charge in [-0.25, -0.2) is 10.4 Å². The molecule has 0 radical (unpaired) electrons. The SMILES string of the molecule is Cc1nc(C(NN)c2sccc2C)cs1. The molecule has 0 saturated carbocycles. The number of thiazole rings is 1. The predicted molar refractivity (Wildman–Crippen MR) is 65.1 cm³/mol. The lowest BCUT2D eigenvalue weighted by molar-refractivity contribution is 0.630.